The molecule has 0 aliphatic heterocycles. The molecule has 0 bridgehead atoms. The second-order valence-electron chi connectivity index (χ2n) is 3.48. The Labute approximate surface area is 99.3 Å². The fraction of sp³-hybridized carbons (Fsp3) is 0.250. The molecule has 1 aromatic rings. The van der Waals surface area contributed by atoms with Crippen LogP contribution in [0.1, 0.15) is 5.56 Å². The molecule has 0 aliphatic carbocycles. The maximum absolute atomic E-state index is 10.9. The Morgan fingerprint density at radius 1 is 1.47 bits per heavy atom. The Morgan fingerprint density at radius 2 is 2.12 bits per heavy atom. The summed E-state index contributed by atoms with van der Waals surface area (Å²) in [4.78, 5) is 15.9. The molecule has 0 aliphatic rings. The summed E-state index contributed by atoms with van der Waals surface area (Å²) in [7, 11) is 0. The lowest BCUT2D eigenvalue weighted by molar-refractivity contribution is -0.143. The number of phenolic OH excluding ortho intramolecular Hbond substituents is 1. The van der Waals surface area contributed by atoms with Crippen molar-refractivity contribution in [2.75, 3.05) is 6.61 Å². The summed E-state index contributed by atoms with van der Waals surface area (Å²) in [6.45, 7) is 3.69. The Bertz CT molecular complexity index is 375. The van der Waals surface area contributed by atoms with Crippen LogP contribution >= 0.6 is 0 Å². The minimum atomic E-state index is -0.998. The number of benzene rings is 1. The molecule has 0 aromatic heterocycles. The molecule has 1 aromatic carbocycles. The van der Waals surface area contributed by atoms with E-state index >= 15 is 0 Å². The highest BCUT2D eigenvalue weighted by atomic mass is 16.6. The summed E-state index contributed by atoms with van der Waals surface area (Å²) in [6, 6.07) is 5.53. The maximum Gasteiger partial charge on any atom is 0.323 e. The number of carboxylic acid groups (broad SMARTS) is 1. The van der Waals surface area contributed by atoms with Crippen LogP contribution in [0.3, 0.4) is 0 Å². The van der Waals surface area contributed by atoms with Crippen molar-refractivity contribution in [2.45, 2.75) is 12.5 Å². The van der Waals surface area contributed by atoms with Crippen molar-refractivity contribution in [3.05, 3.63) is 42.5 Å². The van der Waals surface area contributed by atoms with Crippen molar-refractivity contribution in [1.29, 1.82) is 0 Å². The van der Waals surface area contributed by atoms with Crippen molar-refractivity contribution < 1.29 is 19.8 Å². The van der Waals surface area contributed by atoms with Gasteiger partial charge in [-0.1, -0.05) is 18.2 Å². The molecule has 3 N–H and O–H groups in total. The first-order valence-electron chi connectivity index (χ1n) is 5.12. The molecule has 0 saturated heterocycles. The molecular weight excluding hydrogens is 222 g/mol. The van der Waals surface area contributed by atoms with Crippen LogP contribution in [0.4, 0.5) is 0 Å². The Kier molecular flexibility index (Phi) is 5.19. The van der Waals surface area contributed by atoms with Gasteiger partial charge in [0.25, 0.3) is 0 Å². The predicted octanol–water partition coefficient (Wildman–Crippen LogP) is 1.10. The van der Waals surface area contributed by atoms with E-state index in [4.69, 9.17) is 15.1 Å². The van der Waals surface area contributed by atoms with E-state index < -0.39 is 12.0 Å². The standard InChI is InChI=1S/C12H15NO4/c1-2-7-17-13-11(12(15)16)8-9-3-5-10(14)6-4-9/h2-6,11,13-14H,1,7-8H2,(H,15,16). The number of aliphatic carboxylic acids is 1. The van der Waals surface area contributed by atoms with Crippen LogP contribution in [0.2, 0.25) is 0 Å². The molecular formula is C12H15NO4. The fourth-order valence-corrected chi connectivity index (χ4v) is 1.25. The summed E-state index contributed by atoms with van der Waals surface area (Å²) in [5.74, 6) is -0.848. The number of aromatic hydroxyl groups is 1. The molecule has 0 heterocycles. The topological polar surface area (TPSA) is 78.8 Å². The zero-order valence-corrected chi connectivity index (χ0v) is 9.30. The quantitative estimate of drug-likeness (QED) is 0.376. The monoisotopic (exact) mass is 237 g/mol. The van der Waals surface area contributed by atoms with Crippen molar-refractivity contribution in [2.24, 2.45) is 0 Å². The highest BCUT2D eigenvalue weighted by Gasteiger charge is 2.17. The Morgan fingerprint density at radius 3 is 2.65 bits per heavy atom. The van der Waals surface area contributed by atoms with Gasteiger partial charge in [-0.05, 0) is 17.7 Å². The van der Waals surface area contributed by atoms with Gasteiger partial charge >= 0.3 is 5.97 Å². The van der Waals surface area contributed by atoms with Gasteiger partial charge in [-0.2, -0.15) is 5.48 Å². The van der Waals surface area contributed by atoms with E-state index in [2.05, 4.69) is 12.1 Å². The highest BCUT2D eigenvalue weighted by Crippen LogP contribution is 2.11. The first kappa shape index (κ1) is 13.2. The van der Waals surface area contributed by atoms with Crippen LogP contribution in [-0.4, -0.2) is 28.8 Å². The van der Waals surface area contributed by atoms with E-state index in [0.29, 0.717) is 0 Å². The predicted molar refractivity (Wildman–Crippen MR) is 62.5 cm³/mol. The fourth-order valence-electron chi connectivity index (χ4n) is 1.25. The summed E-state index contributed by atoms with van der Waals surface area (Å²) >= 11 is 0. The average molecular weight is 237 g/mol. The first-order chi connectivity index (χ1) is 8.13. The van der Waals surface area contributed by atoms with Gasteiger partial charge in [0, 0.05) is 6.42 Å². The van der Waals surface area contributed by atoms with Crippen LogP contribution in [0, 0.1) is 0 Å². The van der Waals surface area contributed by atoms with E-state index in [9.17, 15) is 4.79 Å². The van der Waals surface area contributed by atoms with Crippen LogP contribution in [0.5, 0.6) is 5.75 Å². The minimum Gasteiger partial charge on any atom is -0.508 e. The molecule has 1 rings (SSSR count). The summed E-state index contributed by atoms with van der Waals surface area (Å²) in [6.07, 6.45) is 1.79. The van der Waals surface area contributed by atoms with Crippen molar-refractivity contribution >= 4 is 5.97 Å². The van der Waals surface area contributed by atoms with E-state index in [-0.39, 0.29) is 18.8 Å². The van der Waals surface area contributed by atoms with E-state index in [1.165, 1.54) is 18.2 Å². The molecule has 0 saturated carbocycles. The van der Waals surface area contributed by atoms with Crippen molar-refractivity contribution in [1.82, 2.24) is 5.48 Å². The lowest BCUT2D eigenvalue weighted by Gasteiger charge is -2.13. The molecule has 1 unspecified atom stereocenters. The molecule has 0 amide bonds. The number of carbonyl (C=O) groups is 1. The zero-order valence-electron chi connectivity index (χ0n) is 9.30. The molecule has 0 radical (unpaired) electrons. The second kappa shape index (κ2) is 6.67. The Hall–Kier alpha value is -1.85. The lowest BCUT2D eigenvalue weighted by atomic mass is 10.1. The molecule has 0 fully saturated rings. The number of hydrogen-bond acceptors (Lipinski definition) is 4. The number of rotatable bonds is 7. The van der Waals surface area contributed by atoms with Gasteiger partial charge in [0.2, 0.25) is 0 Å². The molecule has 0 spiro atoms. The van der Waals surface area contributed by atoms with Gasteiger partial charge < -0.3 is 10.2 Å². The zero-order chi connectivity index (χ0) is 12.7. The smallest absolute Gasteiger partial charge is 0.323 e. The van der Waals surface area contributed by atoms with Gasteiger partial charge in [-0.15, -0.1) is 6.58 Å². The third kappa shape index (κ3) is 4.67. The third-order valence-corrected chi connectivity index (χ3v) is 2.10. The SMILES string of the molecule is C=CCONC(Cc1ccc(O)cc1)C(=O)O. The lowest BCUT2D eigenvalue weighted by Crippen LogP contribution is -2.38. The van der Waals surface area contributed by atoms with Crippen molar-refractivity contribution in [3.63, 3.8) is 0 Å². The van der Waals surface area contributed by atoms with Crippen molar-refractivity contribution in [3.8, 4) is 5.75 Å². The van der Waals surface area contributed by atoms with Gasteiger partial charge in [0.1, 0.15) is 11.8 Å². The van der Waals surface area contributed by atoms with E-state index in [0.717, 1.165) is 5.56 Å². The second-order valence-corrected chi connectivity index (χ2v) is 3.48. The summed E-state index contributed by atoms with van der Waals surface area (Å²) in [5, 5.41) is 18.1. The number of nitrogens with one attached hydrogen (secondary N) is 1. The summed E-state index contributed by atoms with van der Waals surface area (Å²) < 4.78 is 0. The highest BCUT2D eigenvalue weighted by molar-refractivity contribution is 5.73. The average Bonchev–Trinajstić information content (AvgIpc) is 2.30. The third-order valence-electron chi connectivity index (χ3n) is 2.10. The minimum absolute atomic E-state index is 0.150. The molecule has 5 heteroatoms. The maximum atomic E-state index is 10.9. The van der Waals surface area contributed by atoms with Crippen LogP contribution in [0.15, 0.2) is 36.9 Å². The van der Waals surface area contributed by atoms with Gasteiger partial charge in [-0.25, -0.2) is 0 Å². The Balaban J connectivity index is 2.56. The number of hydrogen-bond donors (Lipinski definition) is 3. The number of phenols is 1. The van der Waals surface area contributed by atoms with Crippen LogP contribution in [0.25, 0.3) is 0 Å². The normalized spacial score (nSPS) is 12.0. The number of carboxylic acids is 1. The first-order valence-corrected chi connectivity index (χ1v) is 5.12. The number of hydroxylamine groups is 1. The molecule has 5 nitrogen and oxygen atoms in total. The molecule has 17 heavy (non-hydrogen) atoms. The van der Waals surface area contributed by atoms with Gasteiger partial charge in [0.05, 0.1) is 6.61 Å². The summed E-state index contributed by atoms with van der Waals surface area (Å²) in [5.41, 5.74) is 3.25. The van der Waals surface area contributed by atoms with E-state index in [1.807, 2.05) is 0 Å². The van der Waals surface area contributed by atoms with E-state index in [1.54, 1.807) is 12.1 Å². The van der Waals surface area contributed by atoms with Gasteiger partial charge in [0.15, 0.2) is 0 Å². The van der Waals surface area contributed by atoms with Crippen LogP contribution in [-0.2, 0) is 16.1 Å². The van der Waals surface area contributed by atoms with Gasteiger partial charge in [-0.3, -0.25) is 9.63 Å². The molecule has 92 valence electrons. The largest absolute Gasteiger partial charge is 0.508 e. The van der Waals surface area contributed by atoms with Crippen LogP contribution < -0.4 is 5.48 Å². The molecule has 1 atom stereocenters.